The second kappa shape index (κ2) is 4.69. The standard InChI is InChI=1S/C8H17NO/c1-10-7-9-6-5-8-3-2-4-8/h8-9H,2-7H2,1H3. The van der Waals surface area contributed by atoms with Gasteiger partial charge >= 0.3 is 0 Å². The molecule has 0 aromatic heterocycles. The van der Waals surface area contributed by atoms with E-state index in [1.54, 1.807) is 7.11 Å². The molecule has 0 aliphatic heterocycles. The highest BCUT2D eigenvalue weighted by Gasteiger charge is 2.15. The van der Waals surface area contributed by atoms with Crippen molar-refractivity contribution in [3.05, 3.63) is 0 Å². The van der Waals surface area contributed by atoms with E-state index in [0.717, 1.165) is 12.5 Å². The number of hydrogen-bond donors (Lipinski definition) is 1. The quantitative estimate of drug-likeness (QED) is 0.463. The van der Waals surface area contributed by atoms with E-state index in [1.165, 1.54) is 25.7 Å². The highest BCUT2D eigenvalue weighted by molar-refractivity contribution is 4.69. The lowest BCUT2D eigenvalue weighted by molar-refractivity contribution is 0.170. The van der Waals surface area contributed by atoms with Crippen molar-refractivity contribution in [3.63, 3.8) is 0 Å². The Hall–Kier alpha value is -0.0800. The van der Waals surface area contributed by atoms with Crippen molar-refractivity contribution >= 4 is 0 Å². The van der Waals surface area contributed by atoms with Crippen LogP contribution in [0.1, 0.15) is 25.7 Å². The fourth-order valence-corrected chi connectivity index (χ4v) is 1.26. The molecule has 0 radical (unpaired) electrons. The van der Waals surface area contributed by atoms with E-state index in [4.69, 9.17) is 4.74 Å². The summed E-state index contributed by atoms with van der Waals surface area (Å²) in [6, 6.07) is 0. The smallest absolute Gasteiger partial charge is 0.0961 e. The van der Waals surface area contributed by atoms with Crippen LogP contribution in [0.25, 0.3) is 0 Å². The van der Waals surface area contributed by atoms with Crippen LogP contribution in [0.15, 0.2) is 0 Å². The van der Waals surface area contributed by atoms with Crippen LogP contribution in [-0.2, 0) is 4.74 Å². The fourth-order valence-electron chi connectivity index (χ4n) is 1.26. The topological polar surface area (TPSA) is 21.3 Å². The van der Waals surface area contributed by atoms with E-state index in [-0.39, 0.29) is 0 Å². The zero-order chi connectivity index (χ0) is 7.23. The molecular weight excluding hydrogens is 126 g/mol. The minimum absolute atomic E-state index is 0.701. The monoisotopic (exact) mass is 143 g/mol. The largest absolute Gasteiger partial charge is 0.370 e. The first-order valence-corrected chi connectivity index (χ1v) is 4.13. The molecule has 1 aliphatic rings. The maximum absolute atomic E-state index is 4.86. The molecule has 1 aliphatic carbocycles. The fraction of sp³-hybridized carbons (Fsp3) is 1.00. The minimum Gasteiger partial charge on any atom is -0.370 e. The lowest BCUT2D eigenvalue weighted by Gasteiger charge is -2.25. The zero-order valence-corrected chi connectivity index (χ0v) is 6.73. The molecule has 1 N–H and O–H groups in total. The molecule has 0 atom stereocenters. The second-order valence-electron chi connectivity index (χ2n) is 3.02. The SMILES string of the molecule is COCNCCC1CCC1. The van der Waals surface area contributed by atoms with Crippen molar-refractivity contribution in [2.75, 3.05) is 20.4 Å². The van der Waals surface area contributed by atoms with Gasteiger partial charge in [0.1, 0.15) is 0 Å². The molecule has 0 saturated heterocycles. The summed E-state index contributed by atoms with van der Waals surface area (Å²) in [6.45, 7) is 1.82. The highest BCUT2D eigenvalue weighted by atomic mass is 16.5. The van der Waals surface area contributed by atoms with Crippen LogP contribution >= 0.6 is 0 Å². The van der Waals surface area contributed by atoms with Crippen LogP contribution in [0.5, 0.6) is 0 Å². The van der Waals surface area contributed by atoms with E-state index in [0.29, 0.717) is 6.73 Å². The van der Waals surface area contributed by atoms with Crippen molar-refractivity contribution in [2.24, 2.45) is 5.92 Å². The third-order valence-corrected chi connectivity index (χ3v) is 2.20. The average Bonchev–Trinajstić information content (AvgIpc) is 1.84. The first kappa shape index (κ1) is 8.02. The molecule has 0 aromatic carbocycles. The summed E-state index contributed by atoms with van der Waals surface area (Å²) < 4.78 is 4.86. The van der Waals surface area contributed by atoms with Crippen LogP contribution in [-0.4, -0.2) is 20.4 Å². The third-order valence-electron chi connectivity index (χ3n) is 2.20. The van der Waals surface area contributed by atoms with Crippen LogP contribution < -0.4 is 5.32 Å². The van der Waals surface area contributed by atoms with Gasteiger partial charge in [-0.3, -0.25) is 5.32 Å². The maximum atomic E-state index is 4.86. The summed E-state index contributed by atoms with van der Waals surface area (Å²) in [5, 5.41) is 3.21. The molecule has 1 fully saturated rings. The maximum Gasteiger partial charge on any atom is 0.0961 e. The van der Waals surface area contributed by atoms with Gasteiger partial charge in [-0.2, -0.15) is 0 Å². The number of hydrogen-bond acceptors (Lipinski definition) is 2. The molecule has 0 amide bonds. The number of methoxy groups -OCH3 is 1. The molecule has 1 saturated carbocycles. The van der Waals surface area contributed by atoms with E-state index < -0.39 is 0 Å². The number of nitrogens with one attached hydrogen (secondary N) is 1. The number of rotatable bonds is 5. The molecule has 0 bridgehead atoms. The first-order valence-electron chi connectivity index (χ1n) is 4.13. The molecule has 60 valence electrons. The summed E-state index contributed by atoms with van der Waals surface area (Å²) in [5.41, 5.74) is 0. The molecule has 10 heavy (non-hydrogen) atoms. The van der Waals surface area contributed by atoms with Crippen LogP contribution in [0, 0.1) is 5.92 Å². The normalized spacial score (nSPS) is 18.9. The lowest BCUT2D eigenvalue weighted by atomic mass is 9.83. The van der Waals surface area contributed by atoms with Crippen LogP contribution in [0.3, 0.4) is 0 Å². The summed E-state index contributed by atoms with van der Waals surface area (Å²) in [7, 11) is 1.72. The lowest BCUT2D eigenvalue weighted by Crippen LogP contribution is -2.22. The Morgan fingerprint density at radius 1 is 1.50 bits per heavy atom. The highest BCUT2D eigenvalue weighted by Crippen LogP contribution is 2.28. The van der Waals surface area contributed by atoms with E-state index in [1.807, 2.05) is 0 Å². The molecule has 0 heterocycles. The summed E-state index contributed by atoms with van der Waals surface area (Å²) >= 11 is 0. The zero-order valence-electron chi connectivity index (χ0n) is 6.73. The molecular formula is C8H17NO. The van der Waals surface area contributed by atoms with Gasteiger partial charge in [0.25, 0.3) is 0 Å². The Morgan fingerprint density at radius 3 is 2.80 bits per heavy atom. The van der Waals surface area contributed by atoms with Gasteiger partial charge in [0.15, 0.2) is 0 Å². The van der Waals surface area contributed by atoms with Crippen molar-refractivity contribution in [1.82, 2.24) is 5.32 Å². The van der Waals surface area contributed by atoms with Crippen LogP contribution in [0.2, 0.25) is 0 Å². The van der Waals surface area contributed by atoms with Gasteiger partial charge in [0, 0.05) is 7.11 Å². The average molecular weight is 143 g/mol. The van der Waals surface area contributed by atoms with Gasteiger partial charge in [-0.1, -0.05) is 19.3 Å². The molecule has 0 aromatic rings. The Kier molecular flexibility index (Phi) is 3.76. The van der Waals surface area contributed by atoms with Crippen LogP contribution in [0.4, 0.5) is 0 Å². The predicted molar refractivity (Wildman–Crippen MR) is 41.8 cm³/mol. The Balaban J connectivity index is 1.76. The van der Waals surface area contributed by atoms with Crippen molar-refractivity contribution in [1.29, 1.82) is 0 Å². The van der Waals surface area contributed by atoms with E-state index >= 15 is 0 Å². The number of ether oxygens (including phenoxy) is 1. The van der Waals surface area contributed by atoms with Gasteiger partial charge in [0.2, 0.25) is 0 Å². The Labute approximate surface area is 63.0 Å². The summed E-state index contributed by atoms with van der Waals surface area (Å²) in [6.07, 6.45) is 5.70. The summed E-state index contributed by atoms with van der Waals surface area (Å²) in [4.78, 5) is 0. The Bertz CT molecular complexity index is 81.3. The van der Waals surface area contributed by atoms with Crippen molar-refractivity contribution in [3.8, 4) is 0 Å². The molecule has 0 spiro atoms. The minimum atomic E-state index is 0.701. The van der Waals surface area contributed by atoms with Gasteiger partial charge in [-0.05, 0) is 18.9 Å². The summed E-state index contributed by atoms with van der Waals surface area (Å²) in [5.74, 6) is 1.02. The second-order valence-corrected chi connectivity index (χ2v) is 3.02. The van der Waals surface area contributed by atoms with Crippen molar-refractivity contribution in [2.45, 2.75) is 25.7 Å². The molecule has 2 nitrogen and oxygen atoms in total. The molecule has 2 heteroatoms. The Morgan fingerprint density at radius 2 is 2.30 bits per heavy atom. The van der Waals surface area contributed by atoms with Gasteiger partial charge in [-0.25, -0.2) is 0 Å². The van der Waals surface area contributed by atoms with Crippen molar-refractivity contribution < 1.29 is 4.74 Å². The van der Waals surface area contributed by atoms with Gasteiger partial charge < -0.3 is 4.74 Å². The van der Waals surface area contributed by atoms with Gasteiger partial charge in [0.05, 0.1) is 6.73 Å². The van der Waals surface area contributed by atoms with E-state index in [2.05, 4.69) is 5.32 Å². The first-order chi connectivity index (χ1) is 4.93. The molecule has 0 unspecified atom stereocenters. The third kappa shape index (κ3) is 2.67. The molecule has 1 rings (SSSR count). The van der Waals surface area contributed by atoms with E-state index in [9.17, 15) is 0 Å². The predicted octanol–water partition coefficient (Wildman–Crippen LogP) is 1.37. The van der Waals surface area contributed by atoms with Gasteiger partial charge in [-0.15, -0.1) is 0 Å².